The lowest BCUT2D eigenvalue weighted by molar-refractivity contribution is -0.143. The standard InChI is InChI=1S/C23H20N2O4/c1-15-8-13-20-19(14-15)25-22(27)23(2,29-20)21(26)24-16-9-11-18(12-10-16)28-17-6-4-3-5-7-17/h3-14H,1-2H3,(H,24,26)(H,25,27). The fourth-order valence-electron chi connectivity index (χ4n) is 2.97. The van der Waals surface area contributed by atoms with E-state index in [0.29, 0.717) is 22.9 Å². The van der Waals surface area contributed by atoms with Gasteiger partial charge in [0.15, 0.2) is 0 Å². The summed E-state index contributed by atoms with van der Waals surface area (Å²) in [5, 5.41) is 5.49. The first-order valence-electron chi connectivity index (χ1n) is 9.19. The second-order valence-corrected chi connectivity index (χ2v) is 6.98. The highest BCUT2D eigenvalue weighted by atomic mass is 16.5. The normalized spacial score (nSPS) is 17.5. The average Bonchev–Trinajstić information content (AvgIpc) is 2.71. The molecule has 1 aliphatic rings. The lowest BCUT2D eigenvalue weighted by Crippen LogP contribution is -2.56. The third kappa shape index (κ3) is 3.78. The van der Waals surface area contributed by atoms with Crippen LogP contribution in [-0.2, 0) is 9.59 Å². The van der Waals surface area contributed by atoms with Crippen LogP contribution in [0.2, 0.25) is 0 Å². The van der Waals surface area contributed by atoms with Crippen LogP contribution < -0.4 is 20.1 Å². The topological polar surface area (TPSA) is 76.7 Å². The number of ether oxygens (including phenoxy) is 2. The maximum absolute atomic E-state index is 12.8. The number of hydrogen-bond acceptors (Lipinski definition) is 4. The van der Waals surface area contributed by atoms with Crippen molar-refractivity contribution >= 4 is 23.2 Å². The minimum absolute atomic E-state index is 0.458. The Kier molecular flexibility index (Phi) is 4.68. The van der Waals surface area contributed by atoms with E-state index in [1.807, 2.05) is 43.3 Å². The molecule has 1 aliphatic heterocycles. The molecule has 3 aromatic rings. The number of rotatable bonds is 4. The summed E-state index contributed by atoms with van der Waals surface area (Å²) in [6.07, 6.45) is 0. The average molecular weight is 388 g/mol. The van der Waals surface area contributed by atoms with Crippen molar-refractivity contribution in [2.45, 2.75) is 19.4 Å². The summed E-state index contributed by atoms with van der Waals surface area (Å²) in [4.78, 5) is 25.4. The van der Waals surface area contributed by atoms with Crippen molar-refractivity contribution < 1.29 is 19.1 Å². The molecule has 6 nitrogen and oxygen atoms in total. The van der Waals surface area contributed by atoms with E-state index in [1.54, 1.807) is 36.4 Å². The van der Waals surface area contributed by atoms with Crippen molar-refractivity contribution in [3.63, 3.8) is 0 Å². The molecule has 0 aromatic heterocycles. The van der Waals surface area contributed by atoms with E-state index < -0.39 is 17.4 Å². The molecule has 3 aromatic carbocycles. The molecule has 0 saturated carbocycles. The molecule has 1 unspecified atom stereocenters. The van der Waals surface area contributed by atoms with Crippen LogP contribution >= 0.6 is 0 Å². The molecule has 1 atom stereocenters. The number of amides is 2. The largest absolute Gasteiger partial charge is 0.466 e. The SMILES string of the molecule is Cc1ccc2c(c1)NC(=O)C(C)(C(=O)Nc1ccc(Oc3ccccc3)cc1)O2. The number of para-hydroxylation sites is 1. The minimum atomic E-state index is -1.68. The van der Waals surface area contributed by atoms with Gasteiger partial charge in [-0.1, -0.05) is 24.3 Å². The highest BCUT2D eigenvalue weighted by Crippen LogP contribution is 2.35. The van der Waals surface area contributed by atoms with Gasteiger partial charge in [-0.2, -0.15) is 0 Å². The third-order valence-corrected chi connectivity index (χ3v) is 4.66. The Labute approximate surface area is 168 Å². The first-order valence-corrected chi connectivity index (χ1v) is 9.19. The van der Waals surface area contributed by atoms with Gasteiger partial charge in [-0.15, -0.1) is 0 Å². The molecule has 146 valence electrons. The zero-order chi connectivity index (χ0) is 20.4. The van der Waals surface area contributed by atoms with E-state index in [-0.39, 0.29) is 0 Å². The number of hydrogen-bond donors (Lipinski definition) is 2. The smallest absolute Gasteiger partial charge is 0.278 e. The van der Waals surface area contributed by atoms with E-state index in [4.69, 9.17) is 9.47 Å². The molecule has 4 rings (SSSR count). The fourth-order valence-corrected chi connectivity index (χ4v) is 2.97. The van der Waals surface area contributed by atoms with Gasteiger partial charge in [-0.05, 0) is 67.9 Å². The van der Waals surface area contributed by atoms with E-state index in [0.717, 1.165) is 11.3 Å². The van der Waals surface area contributed by atoms with Crippen LogP contribution in [0.1, 0.15) is 12.5 Å². The maximum Gasteiger partial charge on any atom is 0.278 e. The number of aryl methyl sites for hydroxylation is 1. The Morgan fingerprint density at radius 3 is 2.41 bits per heavy atom. The molecule has 2 N–H and O–H groups in total. The number of benzene rings is 3. The number of nitrogens with one attached hydrogen (secondary N) is 2. The van der Waals surface area contributed by atoms with E-state index >= 15 is 0 Å². The minimum Gasteiger partial charge on any atom is -0.466 e. The zero-order valence-corrected chi connectivity index (χ0v) is 16.1. The predicted octanol–water partition coefficient (Wildman–Crippen LogP) is 4.52. The van der Waals surface area contributed by atoms with Crippen molar-refractivity contribution in [3.8, 4) is 17.2 Å². The molecular weight excluding hydrogens is 368 g/mol. The van der Waals surface area contributed by atoms with Crippen LogP contribution in [0.15, 0.2) is 72.8 Å². The molecule has 0 saturated heterocycles. The van der Waals surface area contributed by atoms with Crippen LogP contribution in [0, 0.1) is 6.92 Å². The molecule has 6 heteroatoms. The lowest BCUT2D eigenvalue weighted by atomic mass is 10.0. The van der Waals surface area contributed by atoms with Gasteiger partial charge in [-0.25, -0.2) is 0 Å². The Hall–Kier alpha value is -3.80. The molecule has 0 fully saturated rings. The van der Waals surface area contributed by atoms with Gasteiger partial charge in [0.2, 0.25) is 0 Å². The van der Waals surface area contributed by atoms with Crippen molar-refractivity contribution in [2.24, 2.45) is 0 Å². The van der Waals surface area contributed by atoms with E-state index in [2.05, 4.69) is 10.6 Å². The lowest BCUT2D eigenvalue weighted by Gasteiger charge is -2.33. The second-order valence-electron chi connectivity index (χ2n) is 6.98. The summed E-state index contributed by atoms with van der Waals surface area (Å²) < 4.78 is 11.5. The van der Waals surface area contributed by atoms with Crippen molar-refractivity contribution in [1.29, 1.82) is 0 Å². The van der Waals surface area contributed by atoms with E-state index in [9.17, 15) is 9.59 Å². The first-order chi connectivity index (χ1) is 13.9. The summed E-state index contributed by atoms with van der Waals surface area (Å²) in [5.41, 5.74) is 0.394. The van der Waals surface area contributed by atoms with Crippen LogP contribution in [0.5, 0.6) is 17.2 Å². The van der Waals surface area contributed by atoms with Crippen molar-refractivity contribution in [3.05, 3.63) is 78.4 Å². The Balaban J connectivity index is 1.47. The highest BCUT2D eigenvalue weighted by Gasteiger charge is 2.47. The van der Waals surface area contributed by atoms with Gasteiger partial charge in [0.25, 0.3) is 17.4 Å². The summed E-state index contributed by atoms with van der Waals surface area (Å²) in [6, 6.07) is 21.7. The second kappa shape index (κ2) is 7.31. The Bertz CT molecular complexity index is 1060. The fraction of sp³-hybridized carbons (Fsp3) is 0.130. The quantitative estimate of drug-likeness (QED) is 0.645. The molecule has 0 aliphatic carbocycles. The Morgan fingerprint density at radius 1 is 1.00 bits per heavy atom. The van der Waals surface area contributed by atoms with Crippen LogP contribution in [-0.4, -0.2) is 17.4 Å². The summed E-state index contributed by atoms with van der Waals surface area (Å²) in [5.74, 6) is 0.740. The summed E-state index contributed by atoms with van der Waals surface area (Å²) in [7, 11) is 0. The molecule has 29 heavy (non-hydrogen) atoms. The van der Waals surface area contributed by atoms with Crippen LogP contribution in [0.25, 0.3) is 0 Å². The van der Waals surface area contributed by atoms with E-state index in [1.165, 1.54) is 6.92 Å². The number of carbonyl (C=O) groups excluding carboxylic acids is 2. The van der Waals surface area contributed by atoms with Gasteiger partial charge in [0.05, 0.1) is 5.69 Å². The molecule has 2 amide bonds. The number of carbonyl (C=O) groups is 2. The zero-order valence-electron chi connectivity index (χ0n) is 16.1. The van der Waals surface area contributed by atoms with Gasteiger partial charge < -0.3 is 20.1 Å². The molecule has 0 spiro atoms. The van der Waals surface area contributed by atoms with Crippen LogP contribution in [0.3, 0.4) is 0 Å². The van der Waals surface area contributed by atoms with Crippen molar-refractivity contribution in [2.75, 3.05) is 10.6 Å². The Morgan fingerprint density at radius 2 is 1.69 bits per heavy atom. The molecule has 0 bridgehead atoms. The van der Waals surface area contributed by atoms with Crippen molar-refractivity contribution in [1.82, 2.24) is 0 Å². The van der Waals surface area contributed by atoms with Gasteiger partial charge in [0, 0.05) is 5.69 Å². The highest BCUT2D eigenvalue weighted by molar-refractivity contribution is 6.19. The maximum atomic E-state index is 12.8. The number of anilines is 2. The van der Waals surface area contributed by atoms with Gasteiger partial charge in [-0.3, -0.25) is 9.59 Å². The first kappa shape index (κ1) is 18.6. The van der Waals surface area contributed by atoms with Gasteiger partial charge in [0.1, 0.15) is 17.2 Å². The molecular formula is C23H20N2O4. The third-order valence-electron chi connectivity index (χ3n) is 4.66. The molecule has 0 radical (unpaired) electrons. The molecule has 1 heterocycles. The summed E-state index contributed by atoms with van der Waals surface area (Å²) in [6.45, 7) is 3.37. The monoisotopic (exact) mass is 388 g/mol. The van der Waals surface area contributed by atoms with Crippen LogP contribution in [0.4, 0.5) is 11.4 Å². The van der Waals surface area contributed by atoms with Gasteiger partial charge >= 0.3 is 0 Å². The summed E-state index contributed by atoms with van der Waals surface area (Å²) >= 11 is 0. The number of fused-ring (bicyclic) bond motifs is 1. The predicted molar refractivity (Wildman–Crippen MR) is 110 cm³/mol.